The number of hydrogen-bond acceptors (Lipinski definition) is 6. The van der Waals surface area contributed by atoms with E-state index in [0.29, 0.717) is 38.2 Å². The minimum atomic E-state index is -0.210. The molecule has 0 aliphatic carbocycles. The number of thiophene rings is 1. The van der Waals surface area contributed by atoms with E-state index in [1.165, 1.54) is 22.7 Å². The fourth-order valence-corrected chi connectivity index (χ4v) is 4.86. The Balaban J connectivity index is 2.03. The summed E-state index contributed by atoms with van der Waals surface area (Å²) in [6, 6.07) is 7.33. The first-order valence-corrected chi connectivity index (χ1v) is 10.1. The Morgan fingerprint density at radius 2 is 2.00 bits per heavy atom. The zero-order chi connectivity index (χ0) is 18.8. The summed E-state index contributed by atoms with van der Waals surface area (Å²) < 4.78 is 7.20. The lowest BCUT2D eigenvalue weighted by molar-refractivity contribution is 0.0986. The highest BCUT2D eigenvalue weighted by atomic mass is 35.5. The van der Waals surface area contributed by atoms with Crippen LogP contribution >= 0.6 is 45.9 Å². The van der Waals surface area contributed by atoms with Crippen LogP contribution in [0, 0.1) is 0 Å². The molecule has 0 unspecified atom stereocenters. The van der Waals surface area contributed by atoms with Crippen LogP contribution in [0.3, 0.4) is 0 Å². The fraction of sp³-hybridized carbons (Fsp3) is 0.294. The molecule has 2 heterocycles. The zero-order valence-corrected chi connectivity index (χ0v) is 17.6. The number of rotatable bonds is 6. The van der Waals surface area contributed by atoms with Crippen molar-refractivity contribution in [1.29, 1.82) is 0 Å². The van der Waals surface area contributed by atoms with Crippen molar-refractivity contribution in [3.63, 3.8) is 0 Å². The van der Waals surface area contributed by atoms with Crippen molar-refractivity contribution in [2.75, 3.05) is 39.2 Å². The predicted molar refractivity (Wildman–Crippen MR) is 111 cm³/mol. The molecular formula is C17H17Cl2N3O2S2. The second-order valence-electron chi connectivity index (χ2n) is 5.80. The number of aromatic nitrogens is 1. The number of halogens is 2. The van der Waals surface area contributed by atoms with Crippen LogP contribution in [0.5, 0.6) is 5.75 Å². The Hall–Kier alpha value is -1.38. The van der Waals surface area contributed by atoms with E-state index in [-0.39, 0.29) is 5.91 Å². The van der Waals surface area contributed by atoms with E-state index in [9.17, 15) is 4.79 Å². The maximum absolute atomic E-state index is 13.1. The van der Waals surface area contributed by atoms with Crippen molar-refractivity contribution in [2.24, 2.45) is 0 Å². The Labute approximate surface area is 169 Å². The minimum Gasteiger partial charge on any atom is -0.494 e. The van der Waals surface area contributed by atoms with Gasteiger partial charge in [-0.3, -0.25) is 9.69 Å². The summed E-state index contributed by atoms with van der Waals surface area (Å²) in [4.78, 5) is 21.4. The number of amides is 1. The molecule has 3 aromatic rings. The maximum Gasteiger partial charge on any atom is 0.262 e. The lowest BCUT2D eigenvalue weighted by atomic mass is 10.3. The maximum atomic E-state index is 13.1. The van der Waals surface area contributed by atoms with Gasteiger partial charge in [0, 0.05) is 13.1 Å². The number of carbonyl (C=O) groups excluding carboxylic acids is 1. The second kappa shape index (κ2) is 8.10. The molecule has 3 rings (SSSR count). The van der Waals surface area contributed by atoms with Crippen molar-refractivity contribution >= 4 is 67.1 Å². The van der Waals surface area contributed by atoms with Gasteiger partial charge in [-0.2, -0.15) is 0 Å². The number of thiazole rings is 1. The summed E-state index contributed by atoms with van der Waals surface area (Å²) in [6.45, 7) is 1.17. The van der Waals surface area contributed by atoms with Crippen molar-refractivity contribution < 1.29 is 9.53 Å². The number of hydrogen-bond donors (Lipinski definition) is 0. The van der Waals surface area contributed by atoms with Crippen LogP contribution in [0.4, 0.5) is 5.13 Å². The highest BCUT2D eigenvalue weighted by Crippen LogP contribution is 2.37. The standard InChI is InChI=1S/C17H17Cl2N3O2S2/c1-21(2)7-8-22(16(23)10-9-13(18)26-15(10)19)17-20-14-11(24-3)5-4-6-12(14)25-17/h4-6,9H,7-8H2,1-3H3. The number of nitrogens with zero attached hydrogens (tertiary/aromatic N) is 3. The Kier molecular flexibility index (Phi) is 6.04. The van der Waals surface area contributed by atoms with Crippen molar-refractivity contribution in [2.45, 2.75) is 0 Å². The van der Waals surface area contributed by atoms with Gasteiger partial charge in [0.15, 0.2) is 5.13 Å². The van der Waals surface area contributed by atoms with Crippen molar-refractivity contribution in [3.8, 4) is 5.75 Å². The van der Waals surface area contributed by atoms with Gasteiger partial charge in [0.2, 0.25) is 0 Å². The summed E-state index contributed by atoms with van der Waals surface area (Å²) >= 11 is 14.8. The number of anilines is 1. The van der Waals surface area contributed by atoms with Crippen LogP contribution in [-0.2, 0) is 0 Å². The van der Waals surface area contributed by atoms with Gasteiger partial charge in [-0.15, -0.1) is 11.3 Å². The third-order valence-electron chi connectivity index (χ3n) is 3.72. The SMILES string of the molecule is COc1cccc2sc(N(CCN(C)C)C(=O)c3cc(Cl)sc3Cl)nc12. The molecule has 0 aliphatic heterocycles. The second-order valence-corrected chi connectivity index (χ2v) is 9.10. The first-order chi connectivity index (χ1) is 12.4. The number of ether oxygens (including phenoxy) is 1. The number of carbonyl (C=O) groups is 1. The molecule has 5 nitrogen and oxygen atoms in total. The molecule has 2 aromatic heterocycles. The number of para-hydroxylation sites is 1. The highest BCUT2D eigenvalue weighted by molar-refractivity contribution is 7.22. The molecule has 9 heteroatoms. The van der Waals surface area contributed by atoms with Gasteiger partial charge in [0.05, 0.1) is 21.7 Å². The smallest absolute Gasteiger partial charge is 0.262 e. The lowest BCUT2D eigenvalue weighted by Gasteiger charge is -2.21. The summed E-state index contributed by atoms with van der Waals surface area (Å²) in [7, 11) is 5.52. The molecule has 1 amide bonds. The van der Waals surface area contributed by atoms with E-state index in [4.69, 9.17) is 27.9 Å². The van der Waals surface area contributed by atoms with E-state index in [0.717, 1.165) is 10.2 Å². The van der Waals surface area contributed by atoms with Gasteiger partial charge < -0.3 is 9.64 Å². The fourth-order valence-electron chi connectivity index (χ4n) is 2.41. The first kappa shape index (κ1) is 19.4. The van der Waals surface area contributed by atoms with Crippen LogP contribution < -0.4 is 9.64 Å². The Morgan fingerprint density at radius 1 is 1.23 bits per heavy atom. The Morgan fingerprint density at radius 3 is 2.62 bits per heavy atom. The topological polar surface area (TPSA) is 45.7 Å². The number of likely N-dealkylation sites (N-methyl/N-ethyl adjacent to an activating group) is 1. The molecule has 0 saturated heterocycles. The molecule has 0 atom stereocenters. The molecule has 1 aromatic carbocycles. The molecule has 138 valence electrons. The molecule has 0 aliphatic rings. The summed E-state index contributed by atoms with van der Waals surface area (Å²) in [5.74, 6) is 0.472. The molecule has 0 radical (unpaired) electrons. The molecule has 0 N–H and O–H groups in total. The van der Waals surface area contributed by atoms with E-state index in [1.807, 2.05) is 37.2 Å². The van der Waals surface area contributed by atoms with Crippen LogP contribution in [0.2, 0.25) is 8.67 Å². The average Bonchev–Trinajstić information content (AvgIpc) is 3.16. The largest absolute Gasteiger partial charge is 0.494 e. The van der Waals surface area contributed by atoms with Crippen LogP contribution in [0.15, 0.2) is 24.3 Å². The number of methoxy groups -OCH3 is 1. The van der Waals surface area contributed by atoms with Crippen LogP contribution in [0.1, 0.15) is 10.4 Å². The first-order valence-electron chi connectivity index (χ1n) is 7.75. The van der Waals surface area contributed by atoms with Gasteiger partial charge in [0.25, 0.3) is 5.91 Å². The molecule has 0 saturated carbocycles. The minimum absolute atomic E-state index is 0.210. The third kappa shape index (κ3) is 3.97. The normalized spacial score (nSPS) is 11.3. The van der Waals surface area contributed by atoms with E-state index >= 15 is 0 Å². The zero-order valence-electron chi connectivity index (χ0n) is 14.5. The molecule has 0 fully saturated rings. The van der Waals surface area contributed by atoms with E-state index in [2.05, 4.69) is 4.98 Å². The Bertz CT molecular complexity index is 939. The van der Waals surface area contributed by atoms with Crippen molar-refractivity contribution in [3.05, 3.63) is 38.5 Å². The predicted octanol–water partition coefficient (Wildman–Crippen LogP) is 4.88. The molecule has 0 bridgehead atoms. The average molecular weight is 430 g/mol. The van der Waals surface area contributed by atoms with Gasteiger partial charge in [-0.25, -0.2) is 4.98 Å². The molecule has 0 spiro atoms. The third-order valence-corrected chi connectivity index (χ3v) is 6.26. The van der Waals surface area contributed by atoms with E-state index < -0.39 is 0 Å². The monoisotopic (exact) mass is 429 g/mol. The van der Waals surface area contributed by atoms with Crippen LogP contribution in [0.25, 0.3) is 10.2 Å². The number of benzene rings is 1. The highest BCUT2D eigenvalue weighted by Gasteiger charge is 2.25. The van der Waals surface area contributed by atoms with Gasteiger partial charge in [0.1, 0.15) is 15.6 Å². The van der Waals surface area contributed by atoms with Crippen LogP contribution in [-0.4, -0.2) is 50.1 Å². The van der Waals surface area contributed by atoms with Gasteiger partial charge >= 0.3 is 0 Å². The number of fused-ring (bicyclic) bond motifs is 1. The summed E-state index contributed by atoms with van der Waals surface area (Å²) in [6.07, 6.45) is 0. The summed E-state index contributed by atoms with van der Waals surface area (Å²) in [5, 5.41) is 0.606. The quantitative estimate of drug-likeness (QED) is 0.559. The molecule has 26 heavy (non-hydrogen) atoms. The van der Waals surface area contributed by atoms with Gasteiger partial charge in [-0.05, 0) is 32.3 Å². The molecular weight excluding hydrogens is 413 g/mol. The van der Waals surface area contributed by atoms with Gasteiger partial charge in [-0.1, -0.05) is 40.6 Å². The van der Waals surface area contributed by atoms with E-state index in [1.54, 1.807) is 18.1 Å². The van der Waals surface area contributed by atoms with Crippen molar-refractivity contribution in [1.82, 2.24) is 9.88 Å². The summed E-state index contributed by atoms with van der Waals surface area (Å²) in [5.41, 5.74) is 1.14. The lowest BCUT2D eigenvalue weighted by Crippen LogP contribution is -2.36.